The van der Waals surface area contributed by atoms with Crippen LogP contribution >= 0.6 is 12.2 Å². The number of nitrogens with zero attached hydrogens (tertiary/aromatic N) is 1. The Morgan fingerprint density at radius 2 is 2.00 bits per heavy atom. The standard InChI is InChI=1S/C19H25NO2S/c1-3-21-22-13-19-12-18(9-10-18)16(19)11-20(17(19)23)14(2)15-7-5-4-6-8-15/h4-8,14,16H,3,9-13H2,1-2H3/t14-,16-,19-/m0/s1. The van der Waals surface area contributed by atoms with E-state index < -0.39 is 0 Å². The lowest BCUT2D eigenvalue weighted by atomic mass is 9.53. The first kappa shape index (κ1) is 15.6. The number of benzene rings is 1. The van der Waals surface area contributed by atoms with Gasteiger partial charge in [0.2, 0.25) is 0 Å². The van der Waals surface area contributed by atoms with Gasteiger partial charge in [-0.25, -0.2) is 9.78 Å². The third-order valence-electron chi connectivity index (χ3n) is 6.30. The molecule has 0 unspecified atom stereocenters. The minimum Gasteiger partial charge on any atom is -0.359 e. The van der Waals surface area contributed by atoms with E-state index in [1.807, 2.05) is 6.92 Å². The Balaban J connectivity index is 1.56. The van der Waals surface area contributed by atoms with Crippen LogP contribution in [0.2, 0.25) is 0 Å². The van der Waals surface area contributed by atoms with Crippen LogP contribution in [0.15, 0.2) is 30.3 Å². The maximum atomic E-state index is 5.95. The molecule has 1 heterocycles. The molecular formula is C19H25NO2S. The SMILES string of the molecule is CCOOC[C@@]12CC3(CC3)[C@@H]1CN([C@@H](C)c1ccccc1)C2=S. The second kappa shape index (κ2) is 5.54. The van der Waals surface area contributed by atoms with Gasteiger partial charge in [-0.2, -0.15) is 0 Å². The molecule has 1 aromatic rings. The van der Waals surface area contributed by atoms with E-state index in [4.69, 9.17) is 22.0 Å². The quantitative estimate of drug-likeness (QED) is 0.338. The molecule has 1 aromatic carbocycles. The van der Waals surface area contributed by atoms with E-state index in [1.165, 1.54) is 24.8 Å². The molecule has 0 radical (unpaired) electrons. The summed E-state index contributed by atoms with van der Waals surface area (Å²) in [6, 6.07) is 11.0. The molecule has 0 aromatic heterocycles. The molecule has 0 bridgehead atoms. The number of thiocarbonyl (C=S) groups is 1. The molecule has 3 fully saturated rings. The molecule has 1 spiro atoms. The van der Waals surface area contributed by atoms with E-state index in [1.54, 1.807) is 0 Å². The summed E-state index contributed by atoms with van der Waals surface area (Å²) in [7, 11) is 0. The Bertz CT molecular complexity index is 601. The Labute approximate surface area is 143 Å². The average molecular weight is 331 g/mol. The third kappa shape index (κ3) is 2.26. The Kier molecular flexibility index (Phi) is 3.74. The van der Waals surface area contributed by atoms with Gasteiger partial charge in [0.05, 0.1) is 29.7 Å². The second-order valence-corrected chi connectivity index (χ2v) is 7.85. The molecule has 1 aliphatic heterocycles. The number of fused-ring (bicyclic) bond motifs is 2. The smallest absolute Gasteiger partial charge is 0.0945 e. The van der Waals surface area contributed by atoms with Gasteiger partial charge in [0.1, 0.15) is 0 Å². The van der Waals surface area contributed by atoms with Gasteiger partial charge in [-0.1, -0.05) is 42.5 Å². The fourth-order valence-corrected chi connectivity index (χ4v) is 5.37. The molecule has 4 heteroatoms. The summed E-state index contributed by atoms with van der Waals surface area (Å²) >= 11 is 5.95. The van der Waals surface area contributed by atoms with Gasteiger partial charge in [0.15, 0.2) is 0 Å². The number of hydrogen-bond donors (Lipinski definition) is 0. The molecular weight excluding hydrogens is 306 g/mol. The lowest BCUT2D eigenvalue weighted by molar-refractivity contribution is -0.313. The van der Waals surface area contributed by atoms with Crippen LogP contribution in [0.25, 0.3) is 0 Å². The van der Waals surface area contributed by atoms with Gasteiger partial charge in [-0.15, -0.1) is 0 Å². The summed E-state index contributed by atoms with van der Waals surface area (Å²) in [5.41, 5.74) is 1.93. The van der Waals surface area contributed by atoms with E-state index in [0.717, 1.165) is 11.5 Å². The number of likely N-dealkylation sites (tertiary alicyclic amines) is 1. The van der Waals surface area contributed by atoms with Crippen LogP contribution in [0.1, 0.15) is 44.7 Å². The van der Waals surface area contributed by atoms with Crippen molar-refractivity contribution in [1.29, 1.82) is 0 Å². The highest BCUT2D eigenvalue weighted by molar-refractivity contribution is 7.80. The molecule has 4 rings (SSSR count). The van der Waals surface area contributed by atoms with E-state index in [2.05, 4.69) is 42.2 Å². The highest BCUT2D eigenvalue weighted by atomic mass is 32.1. The summed E-state index contributed by atoms with van der Waals surface area (Å²) in [4.78, 5) is 14.2. The molecule has 1 saturated heterocycles. The van der Waals surface area contributed by atoms with Crippen molar-refractivity contribution in [3.05, 3.63) is 35.9 Å². The van der Waals surface area contributed by atoms with E-state index >= 15 is 0 Å². The molecule has 3 atom stereocenters. The summed E-state index contributed by atoms with van der Waals surface area (Å²) in [5, 5.41) is 0. The molecule has 3 nitrogen and oxygen atoms in total. The first-order valence-corrected chi connectivity index (χ1v) is 9.14. The zero-order valence-electron chi connectivity index (χ0n) is 14.0. The molecule has 124 valence electrons. The minimum atomic E-state index is 0.0318. The molecule has 0 N–H and O–H groups in total. The van der Waals surface area contributed by atoms with Crippen LogP contribution in [0.5, 0.6) is 0 Å². The maximum absolute atomic E-state index is 5.95. The van der Waals surface area contributed by atoms with Crippen molar-refractivity contribution in [2.24, 2.45) is 16.7 Å². The maximum Gasteiger partial charge on any atom is 0.0945 e. The Morgan fingerprint density at radius 1 is 1.26 bits per heavy atom. The van der Waals surface area contributed by atoms with Crippen LogP contribution in [0.3, 0.4) is 0 Å². The molecule has 23 heavy (non-hydrogen) atoms. The molecule has 0 amide bonds. The molecule has 3 aliphatic rings. The Hall–Kier alpha value is -0.970. The summed E-state index contributed by atoms with van der Waals surface area (Å²) < 4.78 is 0. The van der Waals surface area contributed by atoms with Crippen molar-refractivity contribution in [2.45, 2.75) is 39.2 Å². The second-order valence-electron chi connectivity index (χ2n) is 7.46. The van der Waals surface area contributed by atoms with Crippen molar-refractivity contribution in [3.63, 3.8) is 0 Å². The third-order valence-corrected chi connectivity index (χ3v) is 6.94. The summed E-state index contributed by atoms with van der Waals surface area (Å²) in [6.45, 7) is 6.50. The van der Waals surface area contributed by atoms with E-state index in [-0.39, 0.29) is 5.41 Å². The van der Waals surface area contributed by atoms with Crippen molar-refractivity contribution in [2.75, 3.05) is 19.8 Å². The van der Waals surface area contributed by atoms with Gasteiger partial charge in [0, 0.05) is 6.54 Å². The topological polar surface area (TPSA) is 21.7 Å². The van der Waals surface area contributed by atoms with Crippen LogP contribution in [-0.2, 0) is 9.78 Å². The lowest BCUT2D eigenvalue weighted by Crippen LogP contribution is -2.53. The predicted octanol–water partition coefficient (Wildman–Crippen LogP) is 4.15. The van der Waals surface area contributed by atoms with Crippen LogP contribution < -0.4 is 0 Å². The number of hydrogen-bond acceptors (Lipinski definition) is 3. The first-order chi connectivity index (χ1) is 11.1. The zero-order valence-corrected chi connectivity index (χ0v) is 14.8. The van der Waals surface area contributed by atoms with Gasteiger partial charge in [-0.3, -0.25) is 0 Å². The fourth-order valence-electron chi connectivity index (χ4n) is 4.86. The summed E-state index contributed by atoms with van der Waals surface area (Å²) in [5.74, 6) is 0.647. The lowest BCUT2D eigenvalue weighted by Gasteiger charge is -2.50. The van der Waals surface area contributed by atoms with E-state index in [9.17, 15) is 0 Å². The monoisotopic (exact) mass is 331 g/mol. The van der Waals surface area contributed by atoms with Gasteiger partial charge < -0.3 is 4.90 Å². The minimum absolute atomic E-state index is 0.0318. The predicted molar refractivity (Wildman–Crippen MR) is 93.9 cm³/mol. The highest BCUT2D eigenvalue weighted by Gasteiger charge is 2.74. The average Bonchev–Trinajstić information content (AvgIpc) is 3.32. The Morgan fingerprint density at radius 3 is 2.65 bits per heavy atom. The highest BCUT2D eigenvalue weighted by Crippen LogP contribution is 2.75. The summed E-state index contributed by atoms with van der Waals surface area (Å²) in [6.07, 6.45) is 3.92. The van der Waals surface area contributed by atoms with Crippen molar-refractivity contribution in [3.8, 4) is 0 Å². The number of rotatable bonds is 6. The van der Waals surface area contributed by atoms with Crippen molar-refractivity contribution >= 4 is 17.2 Å². The van der Waals surface area contributed by atoms with Crippen LogP contribution in [0.4, 0.5) is 0 Å². The molecule has 2 saturated carbocycles. The van der Waals surface area contributed by atoms with Crippen molar-refractivity contribution in [1.82, 2.24) is 4.90 Å². The van der Waals surface area contributed by atoms with Crippen LogP contribution in [0, 0.1) is 16.7 Å². The van der Waals surface area contributed by atoms with Gasteiger partial charge in [-0.05, 0) is 50.0 Å². The van der Waals surface area contributed by atoms with Crippen molar-refractivity contribution < 1.29 is 9.78 Å². The zero-order chi connectivity index (χ0) is 16.1. The first-order valence-electron chi connectivity index (χ1n) is 8.73. The fraction of sp³-hybridized carbons (Fsp3) is 0.632. The van der Waals surface area contributed by atoms with Gasteiger partial charge in [0.25, 0.3) is 0 Å². The van der Waals surface area contributed by atoms with Crippen LogP contribution in [-0.4, -0.2) is 29.6 Å². The molecule has 2 aliphatic carbocycles. The van der Waals surface area contributed by atoms with E-state index in [0.29, 0.717) is 30.6 Å². The normalized spacial score (nSPS) is 31.8. The van der Waals surface area contributed by atoms with Gasteiger partial charge >= 0.3 is 0 Å². The largest absolute Gasteiger partial charge is 0.359 e.